The first-order chi connectivity index (χ1) is 12.7. The third-order valence-corrected chi connectivity index (χ3v) is 4.46. The molecule has 0 spiro atoms. The van der Waals surface area contributed by atoms with E-state index in [0.29, 0.717) is 37.6 Å². The Hall–Kier alpha value is -3.22. The van der Waals surface area contributed by atoms with Crippen molar-refractivity contribution in [1.29, 1.82) is 0 Å². The zero-order chi connectivity index (χ0) is 17.9. The number of halogens is 1. The summed E-state index contributed by atoms with van der Waals surface area (Å²) in [5.74, 6) is -0.390. The van der Waals surface area contributed by atoms with Gasteiger partial charge in [-0.25, -0.2) is 4.39 Å². The SMILES string of the molecule is O=C(c1cnn(-c2ccccc2)n1)N1CCN(c2ccccc2F)CC1. The lowest BCUT2D eigenvalue weighted by molar-refractivity contribution is 0.0740. The van der Waals surface area contributed by atoms with Gasteiger partial charge in [-0.3, -0.25) is 4.79 Å². The molecule has 1 amide bonds. The van der Waals surface area contributed by atoms with E-state index in [4.69, 9.17) is 0 Å². The number of carbonyl (C=O) groups excluding carboxylic acids is 1. The molecule has 0 saturated carbocycles. The van der Waals surface area contributed by atoms with Crippen molar-refractivity contribution >= 4 is 11.6 Å². The third-order valence-electron chi connectivity index (χ3n) is 4.46. The van der Waals surface area contributed by atoms with Gasteiger partial charge in [0, 0.05) is 26.2 Å². The fraction of sp³-hybridized carbons (Fsp3) is 0.211. The highest BCUT2D eigenvalue weighted by Crippen LogP contribution is 2.20. The number of carbonyl (C=O) groups is 1. The van der Waals surface area contributed by atoms with Crippen LogP contribution in [0.1, 0.15) is 10.5 Å². The number of aromatic nitrogens is 3. The summed E-state index contributed by atoms with van der Waals surface area (Å²) in [7, 11) is 0. The molecule has 1 aromatic heterocycles. The van der Waals surface area contributed by atoms with Crippen molar-refractivity contribution in [2.45, 2.75) is 0 Å². The van der Waals surface area contributed by atoms with E-state index in [1.54, 1.807) is 17.0 Å². The molecular formula is C19H18FN5O. The second kappa shape index (κ2) is 6.95. The van der Waals surface area contributed by atoms with Crippen molar-refractivity contribution < 1.29 is 9.18 Å². The van der Waals surface area contributed by atoms with Crippen molar-refractivity contribution in [1.82, 2.24) is 19.9 Å². The van der Waals surface area contributed by atoms with Crippen molar-refractivity contribution in [2.75, 3.05) is 31.1 Å². The normalized spacial score (nSPS) is 14.5. The molecular weight excluding hydrogens is 333 g/mol. The van der Waals surface area contributed by atoms with Gasteiger partial charge in [0.25, 0.3) is 5.91 Å². The Bertz CT molecular complexity index is 903. The molecule has 6 nitrogen and oxygen atoms in total. The molecule has 0 radical (unpaired) electrons. The summed E-state index contributed by atoms with van der Waals surface area (Å²) in [6.45, 7) is 2.20. The first kappa shape index (κ1) is 16.3. The van der Waals surface area contributed by atoms with Crippen molar-refractivity contribution in [3.8, 4) is 5.69 Å². The van der Waals surface area contributed by atoms with Crippen molar-refractivity contribution in [3.63, 3.8) is 0 Å². The zero-order valence-electron chi connectivity index (χ0n) is 14.1. The molecule has 7 heteroatoms. The number of amides is 1. The Balaban J connectivity index is 1.43. The van der Waals surface area contributed by atoms with E-state index >= 15 is 0 Å². The number of anilines is 1. The minimum Gasteiger partial charge on any atom is -0.366 e. The Morgan fingerprint density at radius 3 is 2.35 bits per heavy atom. The number of piperazine rings is 1. The molecule has 0 unspecified atom stereocenters. The standard InChI is InChI=1S/C19H18FN5O/c20-16-8-4-5-9-18(16)23-10-12-24(13-11-23)19(26)17-14-21-25(22-17)15-6-2-1-3-7-15/h1-9,14H,10-13H2. The monoisotopic (exact) mass is 351 g/mol. The maximum atomic E-state index is 13.9. The smallest absolute Gasteiger partial charge is 0.276 e. The lowest BCUT2D eigenvalue weighted by Crippen LogP contribution is -2.49. The number of hydrogen-bond acceptors (Lipinski definition) is 4. The van der Waals surface area contributed by atoms with Crippen molar-refractivity contribution in [3.05, 3.63) is 72.3 Å². The molecule has 1 aliphatic heterocycles. The Morgan fingerprint density at radius 2 is 1.62 bits per heavy atom. The van der Waals surface area contributed by atoms with E-state index in [0.717, 1.165) is 5.69 Å². The molecule has 132 valence electrons. The summed E-state index contributed by atoms with van der Waals surface area (Å²) in [4.78, 5) is 17.8. The second-order valence-electron chi connectivity index (χ2n) is 6.09. The average Bonchev–Trinajstić information content (AvgIpc) is 3.19. The van der Waals surface area contributed by atoms with E-state index in [-0.39, 0.29) is 11.7 Å². The van der Waals surface area contributed by atoms with Crippen LogP contribution in [0, 0.1) is 5.82 Å². The van der Waals surface area contributed by atoms with E-state index in [1.807, 2.05) is 41.3 Å². The van der Waals surface area contributed by atoms with Gasteiger partial charge < -0.3 is 9.80 Å². The van der Waals surface area contributed by atoms with Crippen molar-refractivity contribution in [2.24, 2.45) is 0 Å². The van der Waals surface area contributed by atoms with Crippen LogP contribution in [0.15, 0.2) is 60.8 Å². The molecule has 1 aliphatic rings. The molecule has 1 fully saturated rings. The van der Waals surface area contributed by atoms with E-state index in [2.05, 4.69) is 10.2 Å². The van der Waals surface area contributed by atoms with Gasteiger partial charge in [0.2, 0.25) is 0 Å². The molecule has 0 N–H and O–H groups in total. The van der Waals surface area contributed by atoms with Gasteiger partial charge in [-0.1, -0.05) is 30.3 Å². The minimum atomic E-state index is -0.238. The molecule has 26 heavy (non-hydrogen) atoms. The topological polar surface area (TPSA) is 54.3 Å². The van der Waals surface area contributed by atoms with E-state index in [9.17, 15) is 9.18 Å². The maximum Gasteiger partial charge on any atom is 0.276 e. The summed E-state index contributed by atoms with van der Waals surface area (Å²) in [5.41, 5.74) is 1.69. The first-order valence-electron chi connectivity index (χ1n) is 8.49. The van der Waals surface area contributed by atoms with Crippen LogP contribution in [-0.2, 0) is 0 Å². The van der Waals surface area contributed by atoms with Gasteiger partial charge in [0.15, 0.2) is 5.69 Å². The van der Waals surface area contributed by atoms with E-state index < -0.39 is 0 Å². The predicted molar refractivity (Wildman–Crippen MR) is 95.9 cm³/mol. The minimum absolute atomic E-state index is 0.152. The van der Waals surface area contributed by atoms with Gasteiger partial charge in [0.1, 0.15) is 5.82 Å². The second-order valence-corrected chi connectivity index (χ2v) is 6.09. The van der Waals surface area contributed by atoms with Gasteiger partial charge >= 0.3 is 0 Å². The van der Waals surface area contributed by atoms with Crippen LogP contribution >= 0.6 is 0 Å². The molecule has 0 bridgehead atoms. The fourth-order valence-corrected chi connectivity index (χ4v) is 3.07. The average molecular weight is 351 g/mol. The van der Waals surface area contributed by atoms with Crippen LogP contribution in [0.2, 0.25) is 0 Å². The first-order valence-corrected chi connectivity index (χ1v) is 8.49. The Kier molecular flexibility index (Phi) is 4.35. The summed E-state index contributed by atoms with van der Waals surface area (Å²) >= 11 is 0. The molecule has 2 aromatic carbocycles. The fourth-order valence-electron chi connectivity index (χ4n) is 3.07. The summed E-state index contributed by atoms with van der Waals surface area (Å²) in [6, 6.07) is 16.2. The van der Waals surface area contributed by atoms with Crippen LogP contribution in [0.3, 0.4) is 0 Å². The number of para-hydroxylation sites is 2. The lowest BCUT2D eigenvalue weighted by Gasteiger charge is -2.35. The number of hydrogen-bond donors (Lipinski definition) is 0. The quantitative estimate of drug-likeness (QED) is 0.727. The van der Waals surface area contributed by atoms with Crippen LogP contribution in [0.25, 0.3) is 5.69 Å². The van der Waals surface area contributed by atoms with Crippen LogP contribution < -0.4 is 4.90 Å². The van der Waals surface area contributed by atoms with E-state index in [1.165, 1.54) is 17.1 Å². The zero-order valence-corrected chi connectivity index (χ0v) is 14.1. The Morgan fingerprint density at radius 1 is 0.923 bits per heavy atom. The Labute approximate surface area is 150 Å². The maximum absolute atomic E-state index is 13.9. The van der Waals surface area contributed by atoms with Crippen LogP contribution in [0.5, 0.6) is 0 Å². The number of rotatable bonds is 3. The largest absolute Gasteiger partial charge is 0.366 e. The lowest BCUT2D eigenvalue weighted by atomic mass is 10.2. The van der Waals surface area contributed by atoms with Crippen LogP contribution in [0.4, 0.5) is 10.1 Å². The molecule has 3 aromatic rings. The van der Waals surface area contributed by atoms with Crippen LogP contribution in [-0.4, -0.2) is 52.0 Å². The molecule has 2 heterocycles. The third kappa shape index (κ3) is 3.15. The van der Waals surface area contributed by atoms with Gasteiger partial charge in [0.05, 0.1) is 17.6 Å². The number of benzene rings is 2. The highest BCUT2D eigenvalue weighted by molar-refractivity contribution is 5.92. The highest BCUT2D eigenvalue weighted by Gasteiger charge is 2.25. The van der Waals surface area contributed by atoms with Gasteiger partial charge in [-0.15, -0.1) is 5.10 Å². The summed E-state index contributed by atoms with van der Waals surface area (Å²) < 4.78 is 13.9. The molecule has 1 saturated heterocycles. The predicted octanol–water partition coefficient (Wildman–Crippen LogP) is 2.37. The summed E-state index contributed by atoms with van der Waals surface area (Å²) in [6.07, 6.45) is 1.48. The number of nitrogens with zero attached hydrogens (tertiary/aromatic N) is 5. The van der Waals surface area contributed by atoms with Gasteiger partial charge in [-0.05, 0) is 24.3 Å². The highest BCUT2D eigenvalue weighted by atomic mass is 19.1. The molecule has 0 aliphatic carbocycles. The molecule has 0 atom stereocenters. The summed E-state index contributed by atoms with van der Waals surface area (Å²) in [5, 5.41) is 8.46. The molecule has 4 rings (SSSR count). The van der Waals surface area contributed by atoms with Gasteiger partial charge in [-0.2, -0.15) is 9.90 Å².